The van der Waals surface area contributed by atoms with Crippen molar-refractivity contribution in [2.24, 2.45) is 0 Å². The highest BCUT2D eigenvalue weighted by atomic mass is 16.5. The quantitative estimate of drug-likeness (QED) is 0.699. The maximum atomic E-state index is 5.81. The SMILES string of the molecule is C[C@@H](CC#CCN1CCCCC1)OC(C)(C)C. The molecule has 0 aliphatic carbocycles. The second-order valence-electron chi connectivity index (χ2n) is 5.94. The molecular formula is C15H27NO. The number of piperidine rings is 1. The normalized spacial score (nSPS) is 19.5. The molecule has 1 heterocycles. The Labute approximate surface area is 107 Å². The first-order chi connectivity index (χ1) is 7.97. The Balaban J connectivity index is 2.16. The average Bonchev–Trinajstić information content (AvgIpc) is 2.23. The van der Waals surface area contributed by atoms with Crippen molar-refractivity contribution in [2.75, 3.05) is 19.6 Å². The molecule has 0 spiro atoms. The lowest BCUT2D eigenvalue weighted by atomic mass is 10.1. The smallest absolute Gasteiger partial charge is 0.0663 e. The Morgan fingerprint density at radius 3 is 2.35 bits per heavy atom. The number of hydrogen-bond acceptors (Lipinski definition) is 2. The Bertz CT molecular complexity index is 263. The summed E-state index contributed by atoms with van der Waals surface area (Å²) in [6.45, 7) is 11.7. The van der Waals surface area contributed by atoms with Crippen molar-refractivity contribution < 1.29 is 4.74 Å². The Kier molecular flexibility index (Phi) is 6.02. The van der Waals surface area contributed by atoms with E-state index in [0.717, 1.165) is 13.0 Å². The molecular weight excluding hydrogens is 210 g/mol. The van der Waals surface area contributed by atoms with Crippen LogP contribution in [0, 0.1) is 11.8 Å². The van der Waals surface area contributed by atoms with Crippen LogP contribution in [0.3, 0.4) is 0 Å². The fourth-order valence-corrected chi connectivity index (χ4v) is 2.15. The van der Waals surface area contributed by atoms with Crippen molar-refractivity contribution in [1.29, 1.82) is 0 Å². The molecule has 0 unspecified atom stereocenters. The third-order valence-electron chi connectivity index (χ3n) is 2.82. The summed E-state index contributed by atoms with van der Waals surface area (Å²) in [6.07, 6.45) is 5.13. The van der Waals surface area contributed by atoms with Gasteiger partial charge in [-0.15, -0.1) is 0 Å². The van der Waals surface area contributed by atoms with Gasteiger partial charge in [-0.05, 0) is 53.6 Å². The number of hydrogen-bond donors (Lipinski definition) is 0. The molecule has 0 amide bonds. The predicted molar refractivity (Wildman–Crippen MR) is 73.0 cm³/mol. The first kappa shape index (κ1) is 14.5. The molecule has 2 heteroatoms. The van der Waals surface area contributed by atoms with Gasteiger partial charge in [0.05, 0.1) is 18.2 Å². The first-order valence-electron chi connectivity index (χ1n) is 6.83. The first-order valence-corrected chi connectivity index (χ1v) is 6.83. The van der Waals surface area contributed by atoms with E-state index in [-0.39, 0.29) is 11.7 Å². The van der Waals surface area contributed by atoms with Crippen LogP contribution in [0.1, 0.15) is 53.4 Å². The number of rotatable bonds is 3. The molecule has 0 N–H and O–H groups in total. The van der Waals surface area contributed by atoms with Crippen LogP contribution in [0.2, 0.25) is 0 Å². The van der Waals surface area contributed by atoms with Gasteiger partial charge < -0.3 is 4.74 Å². The third-order valence-corrected chi connectivity index (χ3v) is 2.82. The number of likely N-dealkylation sites (tertiary alicyclic amines) is 1. The van der Waals surface area contributed by atoms with Gasteiger partial charge in [-0.25, -0.2) is 0 Å². The van der Waals surface area contributed by atoms with Gasteiger partial charge in [-0.3, -0.25) is 4.90 Å². The monoisotopic (exact) mass is 237 g/mol. The van der Waals surface area contributed by atoms with E-state index in [1.54, 1.807) is 0 Å². The van der Waals surface area contributed by atoms with Crippen molar-refractivity contribution >= 4 is 0 Å². The third kappa shape index (κ3) is 7.41. The van der Waals surface area contributed by atoms with Crippen molar-refractivity contribution in [3.05, 3.63) is 0 Å². The van der Waals surface area contributed by atoms with Gasteiger partial charge in [0.1, 0.15) is 0 Å². The fraction of sp³-hybridized carbons (Fsp3) is 0.867. The molecule has 1 aliphatic rings. The standard InChI is InChI=1S/C15H27NO/c1-14(17-15(2,3)4)10-6-9-13-16-11-7-5-8-12-16/h14H,5,7-8,10-13H2,1-4H3/t14-/m0/s1. The Hall–Kier alpha value is -0.520. The van der Waals surface area contributed by atoms with Crippen molar-refractivity contribution in [3.8, 4) is 11.8 Å². The number of ether oxygens (including phenoxy) is 1. The molecule has 1 saturated heterocycles. The minimum absolute atomic E-state index is 0.0615. The van der Waals surface area contributed by atoms with Crippen LogP contribution in [0.15, 0.2) is 0 Å². The van der Waals surface area contributed by atoms with Crippen LogP contribution in [-0.2, 0) is 4.74 Å². The molecule has 98 valence electrons. The summed E-state index contributed by atoms with van der Waals surface area (Å²) in [5, 5.41) is 0. The van der Waals surface area contributed by atoms with E-state index < -0.39 is 0 Å². The lowest BCUT2D eigenvalue weighted by Crippen LogP contribution is -2.30. The van der Waals surface area contributed by atoms with Crippen molar-refractivity contribution in [1.82, 2.24) is 4.90 Å². The molecule has 2 nitrogen and oxygen atoms in total. The van der Waals surface area contributed by atoms with Gasteiger partial charge in [0.15, 0.2) is 0 Å². The van der Waals surface area contributed by atoms with Gasteiger partial charge in [-0.2, -0.15) is 0 Å². The Morgan fingerprint density at radius 1 is 1.12 bits per heavy atom. The van der Waals surface area contributed by atoms with Crippen molar-refractivity contribution in [2.45, 2.75) is 65.1 Å². The summed E-state index contributed by atoms with van der Waals surface area (Å²) in [5.74, 6) is 6.51. The molecule has 17 heavy (non-hydrogen) atoms. The van der Waals surface area contributed by atoms with E-state index in [9.17, 15) is 0 Å². The van der Waals surface area contributed by atoms with Crippen LogP contribution in [0.4, 0.5) is 0 Å². The highest BCUT2D eigenvalue weighted by Crippen LogP contribution is 2.12. The largest absolute Gasteiger partial charge is 0.372 e. The van der Waals surface area contributed by atoms with Crippen molar-refractivity contribution in [3.63, 3.8) is 0 Å². The van der Waals surface area contributed by atoms with Crippen LogP contribution < -0.4 is 0 Å². The van der Waals surface area contributed by atoms with Gasteiger partial charge in [0.25, 0.3) is 0 Å². The summed E-state index contributed by atoms with van der Waals surface area (Å²) in [7, 11) is 0. The summed E-state index contributed by atoms with van der Waals surface area (Å²) in [5.41, 5.74) is -0.0615. The van der Waals surface area contributed by atoms with Gasteiger partial charge in [0.2, 0.25) is 0 Å². The summed E-state index contributed by atoms with van der Waals surface area (Å²) >= 11 is 0. The highest BCUT2D eigenvalue weighted by molar-refractivity contribution is 5.02. The van der Waals surface area contributed by atoms with E-state index >= 15 is 0 Å². The molecule has 0 aromatic heterocycles. The second kappa shape index (κ2) is 7.03. The summed E-state index contributed by atoms with van der Waals surface area (Å²) in [6, 6.07) is 0. The van der Waals surface area contributed by atoms with E-state index in [1.165, 1.54) is 32.4 Å². The highest BCUT2D eigenvalue weighted by Gasteiger charge is 2.14. The van der Waals surface area contributed by atoms with E-state index in [2.05, 4.69) is 44.4 Å². The molecule has 1 fully saturated rings. The molecule has 0 aromatic carbocycles. The molecule has 1 atom stereocenters. The Morgan fingerprint density at radius 2 is 1.76 bits per heavy atom. The van der Waals surface area contributed by atoms with E-state index in [0.29, 0.717) is 0 Å². The van der Waals surface area contributed by atoms with Gasteiger partial charge in [0, 0.05) is 6.42 Å². The summed E-state index contributed by atoms with van der Waals surface area (Å²) < 4.78 is 5.81. The lowest BCUT2D eigenvalue weighted by molar-refractivity contribution is -0.0485. The van der Waals surface area contributed by atoms with Crippen LogP contribution in [0.5, 0.6) is 0 Å². The van der Waals surface area contributed by atoms with E-state index in [1.807, 2.05) is 0 Å². The zero-order valence-electron chi connectivity index (χ0n) is 11.9. The maximum Gasteiger partial charge on any atom is 0.0663 e. The molecule has 0 radical (unpaired) electrons. The fourth-order valence-electron chi connectivity index (χ4n) is 2.15. The van der Waals surface area contributed by atoms with E-state index in [4.69, 9.17) is 4.74 Å². The maximum absolute atomic E-state index is 5.81. The van der Waals surface area contributed by atoms with Crippen LogP contribution in [0.25, 0.3) is 0 Å². The molecule has 0 aromatic rings. The lowest BCUT2D eigenvalue weighted by Gasteiger charge is -2.24. The average molecular weight is 237 g/mol. The molecule has 1 aliphatic heterocycles. The summed E-state index contributed by atoms with van der Waals surface area (Å²) in [4.78, 5) is 2.45. The topological polar surface area (TPSA) is 12.5 Å². The molecule has 0 bridgehead atoms. The zero-order valence-corrected chi connectivity index (χ0v) is 11.9. The predicted octanol–water partition coefficient (Wildman–Crippen LogP) is 3.07. The zero-order chi connectivity index (χ0) is 12.7. The molecule has 0 saturated carbocycles. The minimum atomic E-state index is -0.0615. The van der Waals surface area contributed by atoms with Crippen LogP contribution in [-0.4, -0.2) is 36.2 Å². The molecule has 1 rings (SSSR count). The van der Waals surface area contributed by atoms with Gasteiger partial charge >= 0.3 is 0 Å². The van der Waals surface area contributed by atoms with Gasteiger partial charge in [-0.1, -0.05) is 18.3 Å². The van der Waals surface area contributed by atoms with Crippen LogP contribution >= 0.6 is 0 Å². The second-order valence-corrected chi connectivity index (χ2v) is 5.94. The minimum Gasteiger partial charge on any atom is -0.372 e. The number of nitrogens with zero attached hydrogens (tertiary/aromatic N) is 1.